The number of hydrogen-bond acceptors (Lipinski definition) is 3. The van der Waals surface area contributed by atoms with Crippen LogP contribution >= 0.6 is 0 Å². The van der Waals surface area contributed by atoms with Gasteiger partial charge in [0, 0.05) is 31.7 Å². The molecular formula is C11H19N3O. The first-order chi connectivity index (χ1) is 6.95. The molecule has 0 aromatic heterocycles. The van der Waals surface area contributed by atoms with Crippen molar-refractivity contribution in [3.8, 4) is 6.07 Å². The lowest BCUT2D eigenvalue weighted by Crippen LogP contribution is -2.54. The summed E-state index contributed by atoms with van der Waals surface area (Å²) in [5, 5.41) is 8.44. The van der Waals surface area contributed by atoms with Crippen LogP contribution in [0.25, 0.3) is 0 Å². The first kappa shape index (κ1) is 12.0. The van der Waals surface area contributed by atoms with E-state index < -0.39 is 0 Å². The average molecular weight is 209 g/mol. The van der Waals surface area contributed by atoms with Crippen molar-refractivity contribution in [3.05, 3.63) is 0 Å². The predicted octanol–water partition coefficient (Wildman–Crippen LogP) is 0.843. The van der Waals surface area contributed by atoms with Crippen LogP contribution in [0.5, 0.6) is 0 Å². The summed E-state index contributed by atoms with van der Waals surface area (Å²) in [6, 6.07) is 1.90. The van der Waals surface area contributed by atoms with Gasteiger partial charge < -0.3 is 4.90 Å². The van der Waals surface area contributed by atoms with E-state index in [-0.39, 0.29) is 17.9 Å². The Balaban J connectivity index is 2.43. The first-order valence-electron chi connectivity index (χ1n) is 5.35. The standard InChI is InChI=1S/C11H19N3O/c1-11(2,3)14-8-6-13(7-9-14)10(15)4-5-12/h4,6-9H2,1-3H3. The van der Waals surface area contributed by atoms with Crippen molar-refractivity contribution in [2.24, 2.45) is 0 Å². The molecule has 1 amide bonds. The Labute approximate surface area is 91.5 Å². The SMILES string of the molecule is CC(C)(C)N1CCN(C(=O)CC#N)CC1. The second-order valence-corrected chi connectivity index (χ2v) is 4.87. The van der Waals surface area contributed by atoms with Crippen molar-refractivity contribution < 1.29 is 4.79 Å². The highest BCUT2D eigenvalue weighted by molar-refractivity contribution is 5.78. The number of carbonyl (C=O) groups excluding carboxylic acids is 1. The minimum atomic E-state index is -0.0361. The molecule has 1 rings (SSSR count). The van der Waals surface area contributed by atoms with Gasteiger partial charge in [-0.05, 0) is 20.8 Å². The van der Waals surface area contributed by atoms with Gasteiger partial charge in [-0.15, -0.1) is 0 Å². The minimum absolute atomic E-state index is 0.00944. The zero-order valence-electron chi connectivity index (χ0n) is 9.79. The molecule has 0 N–H and O–H groups in total. The van der Waals surface area contributed by atoms with Crippen LogP contribution in [0.1, 0.15) is 27.2 Å². The summed E-state index contributed by atoms with van der Waals surface area (Å²) in [5.41, 5.74) is 0.171. The summed E-state index contributed by atoms with van der Waals surface area (Å²) >= 11 is 0. The maximum Gasteiger partial charge on any atom is 0.236 e. The van der Waals surface area contributed by atoms with E-state index in [0.29, 0.717) is 0 Å². The van der Waals surface area contributed by atoms with Gasteiger partial charge in [-0.2, -0.15) is 5.26 Å². The largest absolute Gasteiger partial charge is 0.339 e. The molecule has 1 saturated heterocycles. The van der Waals surface area contributed by atoms with E-state index in [4.69, 9.17) is 5.26 Å². The maximum atomic E-state index is 11.4. The van der Waals surface area contributed by atoms with Crippen LogP contribution in [-0.4, -0.2) is 47.4 Å². The normalized spacial score (nSPS) is 18.7. The van der Waals surface area contributed by atoms with Crippen LogP contribution in [0, 0.1) is 11.3 Å². The second-order valence-electron chi connectivity index (χ2n) is 4.87. The third-order valence-corrected chi connectivity index (χ3v) is 2.81. The topological polar surface area (TPSA) is 47.3 Å². The lowest BCUT2D eigenvalue weighted by Gasteiger charge is -2.42. The third-order valence-electron chi connectivity index (χ3n) is 2.81. The van der Waals surface area contributed by atoms with Gasteiger partial charge in [0.1, 0.15) is 6.42 Å². The Morgan fingerprint density at radius 3 is 2.20 bits per heavy atom. The summed E-state index contributed by atoms with van der Waals surface area (Å²) in [6.07, 6.45) is 0.00944. The van der Waals surface area contributed by atoms with E-state index in [1.54, 1.807) is 4.90 Å². The molecule has 1 fully saturated rings. The Hall–Kier alpha value is -1.08. The second kappa shape index (κ2) is 4.63. The van der Waals surface area contributed by atoms with Crippen LogP contribution in [-0.2, 0) is 4.79 Å². The van der Waals surface area contributed by atoms with E-state index in [1.165, 1.54) is 0 Å². The molecule has 0 unspecified atom stereocenters. The van der Waals surface area contributed by atoms with Crippen LogP contribution in [0.15, 0.2) is 0 Å². The molecule has 1 aliphatic rings. The number of nitriles is 1. The zero-order valence-corrected chi connectivity index (χ0v) is 9.79. The van der Waals surface area contributed by atoms with Crippen molar-refractivity contribution in [2.75, 3.05) is 26.2 Å². The van der Waals surface area contributed by atoms with Gasteiger partial charge in [-0.3, -0.25) is 9.69 Å². The fraction of sp³-hybridized carbons (Fsp3) is 0.818. The highest BCUT2D eigenvalue weighted by Crippen LogP contribution is 2.15. The summed E-state index contributed by atoms with van der Waals surface area (Å²) < 4.78 is 0. The highest BCUT2D eigenvalue weighted by atomic mass is 16.2. The number of rotatable bonds is 1. The van der Waals surface area contributed by atoms with E-state index in [2.05, 4.69) is 25.7 Å². The summed E-state index contributed by atoms with van der Waals surface area (Å²) in [4.78, 5) is 15.6. The summed E-state index contributed by atoms with van der Waals surface area (Å²) in [7, 11) is 0. The molecule has 4 nitrogen and oxygen atoms in total. The number of amides is 1. The molecule has 84 valence electrons. The van der Waals surface area contributed by atoms with E-state index in [1.807, 2.05) is 6.07 Å². The molecule has 0 aromatic rings. The van der Waals surface area contributed by atoms with Gasteiger partial charge >= 0.3 is 0 Å². The maximum absolute atomic E-state index is 11.4. The van der Waals surface area contributed by atoms with E-state index in [9.17, 15) is 4.79 Å². The number of hydrogen-bond donors (Lipinski definition) is 0. The van der Waals surface area contributed by atoms with Crippen molar-refractivity contribution in [2.45, 2.75) is 32.7 Å². The molecule has 0 aromatic carbocycles. The molecule has 0 bridgehead atoms. The van der Waals surface area contributed by atoms with Crippen molar-refractivity contribution >= 4 is 5.91 Å². The predicted molar refractivity (Wildman–Crippen MR) is 58.1 cm³/mol. The Kier molecular flexibility index (Phi) is 3.70. The third kappa shape index (κ3) is 3.21. The lowest BCUT2D eigenvalue weighted by molar-refractivity contribution is -0.132. The summed E-state index contributed by atoms with van der Waals surface area (Å²) in [5.74, 6) is -0.0361. The number of carbonyl (C=O) groups is 1. The molecule has 1 heterocycles. The fourth-order valence-corrected chi connectivity index (χ4v) is 1.81. The van der Waals surface area contributed by atoms with Crippen LogP contribution in [0.4, 0.5) is 0 Å². The van der Waals surface area contributed by atoms with Crippen LogP contribution in [0.2, 0.25) is 0 Å². The molecule has 1 aliphatic heterocycles. The van der Waals surface area contributed by atoms with E-state index in [0.717, 1.165) is 26.2 Å². The van der Waals surface area contributed by atoms with Gasteiger partial charge in [-0.1, -0.05) is 0 Å². The molecule has 0 saturated carbocycles. The lowest BCUT2D eigenvalue weighted by atomic mass is 10.0. The van der Waals surface area contributed by atoms with Crippen molar-refractivity contribution in [1.82, 2.24) is 9.80 Å². The quantitative estimate of drug-likeness (QED) is 0.643. The van der Waals surface area contributed by atoms with Crippen LogP contribution in [0.3, 0.4) is 0 Å². The molecule has 0 aliphatic carbocycles. The highest BCUT2D eigenvalue weighted by Gasteiger charge is 2.27. The van der Waals surface area contributed by atoms with Gasteiger partial charge in [-0.25, -0.2) is 0 Å². The van der Waals surface area contributed by atoms with Gasteiger partial charge in [0.25, 0.3) is 0 Å². The fourth-order valence-electron chi connectivity index (χ4n) is 1.81. The van der Waals surface area contributed by atoms with Gasteiger partial charge in [0.15, 0.2) is 0 Å². The van der Waals surface area contributed by atoms with Crippen molar-refractivity contribution in [1.29, 1.82) is 5.26 Å². The molecular weight excluding hydrogens is 190 g/mol. The Bertz CT molecular complexity index is 267. The zero-order chi connectivity index (χ0) is 11.5. The Morgan fingerprint density at radius 2 is 1.80 bits per heavy atom. The molecule has 0 atom stereocenters. The molecule has 0 radical (unpaired) electrons. The number of piperazine rings is 1. The minimum Gasteiger partial charge on any atom is -0.339 e. The monoisotopic (exact) mass is 209 g/mol. The van der Waals surface area contributed by atoms with Crippen LogP contribution < -0.4 is 0 Å². The van der Waals surface area contributed by atoms with Crippen molar-refractivity contribution in [3.63, 3.8) is 0 Å². The molecule has 15 heavy (non-hydrogen) atoms. The van der Waals surface area contributed by atoms with E-state index >= 15 is 0 Å². The van der Waals surface area contributed by atoms with Gasteiger partial charge in [0.05, 0.1) is 6.07 Å². The average Bonchev–Trinajstić information content (AvgIpc) is 2.17. The summed E-state index contributed by atoms with van der Waals surface area (Å²) in [6.45, 7) is 9.84. The molecule has 4 heteroatoms. The smallest absolute Gasteiger partial charge is 0.236 e. The molecule has 0 spiro atoms. The van der Waals surface area contributed by atoms with Gasteiger partial charge in [0.2, 0.25) is 5.91 Å². The first-order valence-corrected chi connectivity index (χ1v) is 5.35. The Morgan fingerprint density at radius 1 is 1.27 bits per heavy atom. The number of nitrogens with zero attached hydrogens (tertiary/aromatic N) is 3.